The Morgan fingerprint density at radius 3 is 2.75 bits per heavy atom. The summed E-state index contributed by atoms with van der Waals surface area (Å²) in [5.74, 6) is -0.272. The van der Waals surface area contributed by atoms with Crippen LogP contribution >= 0.6 is 22.9 Å². The van der Waals surface area contributed by atoms with Crippen LogP contribution in [0.2, 0.25) is 5.02 Å². The van der Waals surface area contributed by atoms with E-state index in [0.29, 0.717) is 47.7 Å². The molecule has 8 nitrogen and oxygen atoms in total. The van der Waals surface area contributed by atoms with Gasteiger partial charge in [-0.2, -0.15) is 0 Å². The van der Waals surface area contributed by atoms with Crippen molar-refractivity contribution < 1.29 is 19.1 Å². The van der Waals surface area contributed by atoms with Crippen LogP contribution in [0.3, 0.4) is 0 Å². The Labute approximate surface area is 172 Å². The predicted molar refractivity (Wildman–Crippen MR) is 109 cm³/mol. The number of halogens is 1. The van der Waals surface area contributed by atoms with Crippen LogP contribution in [0.1, 0.15) is 15.5 Å². The second-order valence-corrected chi connectivity index (χ2v) is 7.11. The molecule has 0 bridgehead atoms. The standard InChI is InChI=1S/C18H23ClN4O4S/c1-26-8-6-20-17(24)15-12-28-16(22-15)11-23(7-9-27-2)18(25)21-14-5-3-4-13(19)10-14/h3-5,10,12H,6-9,11H2,1-2H3,(H,20,24)(H,21,25). The zero-order chi connectivity index (χ0) is 20.4. The van der Waals surface area contributed by atoms with E-state index in [1.54, 1.807) is 48.8 Å². The Bertz CT molecular complexity index is 786. The number of thiazole rings is 1. The van der Waals surface area contributed by atoms with Gasteiger partial charge in [-0.1, -0.05) is 17.7 Å². The maximum atomic E-state index is 12.6. The summed E-state index contributed by atoms with van der Waals surface area (Å²) in [5.41, 5.74) is 0.912. The van der Waals surface area contributed by atoms with Crippen molar-refractivity contribution in [2.75, 3.05) is 45.8 Å². The molecule has 0 aliphatic carbocycles. The Hall–Kier alpha value is -2.20. The van der Waals surface area contributed by atoms with Crippen LogP contribution in [-0.4, -0.2) is 62.3 Å². The third-order valence-corrected chi connectivity index (χ3v) is 4.70. The molecule has 3 amide bonds. The summed E-state index contributed by atoms with van der Waals surface area (Å²) >= 11 is 7.28. The first kappa shape index (κ1) is 22.1. The van der Waals surface area contributed by atoms with E-state index in [1.807, 2.05) is 0 Å². The highest BCUT2D eigenvalue weighted by molar-refractivity contribution is 7.09. The highest BCUT2D eigenvalue weighted by Crippen LogP contribution is 2.17. The Morgan fingerprint density at radius 2 is 2.04 bits per heavy atom. The molecule has 0 radical (unpaired) electrons. The van der Waals surface area contributed by atoms with Crippen LogP contribution in [0.15, 0.2) is 29.6 Å². The molecule has 2 aromatic rings. The van der Waals surface area contributed by atoms with Gasteiger partial charge in [0.25, 0.3) is 5.91 Å². The average molecular weight is 427 g/mol. The minimum absolute atomic E-state index is 0.256. The van der Waals surface area contributed by atoms with Crippen molar-refractivity contribution in [2.24, 2.45) is 0 Å². The van der Waals surface area contributed by atoms with Crippen molar-refractivity contribution >= 4 is 40.6 Å². The molecule has 0 unspecified atom stereocenters. The molecule has 28 heavy (non-hydrogen) atoms. The van der Waals surface area contributed by atoms with Crippen LogP contribution in [0.25, 0.3) is 0 Å². The molecule has 0 saturated carbocycles. The van der Waals surface area contributed by atoms with Crippen molar-refractivity contribution in [1.29, 1.82) is 0 Å². The van der Waals surface area contributed by atoms with Gasteiger partial charge in [0.1, 0.15) is 10.7 Å². The minimum Gasteiger partial charge on any atom is -0.383 e. The second-order valence-electron chi connectivity index (χ2n) is 5.73. The van der Waals surface area contributed by atoms with E-state index < -0.39 is 0 Å². The van der Waals surface area contributed by atoms with Crippen molar-refractivity contribution in [3.8, 4) is 0 Å². The molecule has 2 rings (SSSR count). The van der Waals surface area contributed by atoms with E-state index >= 15 is 0 Å². The fourth-order valence-corrected chi connectivity index (χ4v) is 3.21. The molecular weight excluding hydrogens is 404 g/mol. The predicted octanol–water partition coefficient (Wildman–Crippen LogP) is 2.85. The molecule has 0 fully saturated rings. The first-order chi connectivity index (χ1) is 13.5. The molecule has 1 aromatic heterocycles. The summed E-state index contributed by atoms with van der Waals surface area (Å²) < 4.78 is 9.99. The summed E-state index contributed by atoms with van der Waals surface area (Å²) in [6.45, 7) is 1.84. The molecule has 0 spiro atoms. The number of anilines is 1. The first-order valence-electron chi connectivity index (χ1n) is 8.55. The summed E-state index contributed by atoms with van der Waals surface area (Å²) in [5, 5.41) is 8.37. The van der Waals surface area contributed by atoms with Crippen LogP contribution in [0.5, 0.6) is 0 Å². The molecule has 1 aromatic carbocycles. The van der Waals surface area contributed by atoms with Crippen LogP contribution in [0.4, 0.5) is 10.5 Å². The van der Waals surface area contributed by atoms with Crippen molar-refractivity contribution in [3.05, 3.63) is 45.4 Å². The van der Waals surface area contributed by atoms with Crippen LogP contribution in [-0.2, 0) is 16.0 Å². The third-order valence-electron chi connectivity index (χ3n) is 3.63. The summed E-state index contributed by atoms with van der Waals surface area (Å²) in [6.07, 6.45) is 0. The zero-order valence-corrected chi connectivity index (χ0v) is 17.3. The molecule has 2 N–H and O–H groups in total. The number of carbonyl (C=O) groups is 2. The number of amides is 3. The maximum Gasteiger partial charge on any atom is 0.322 e. The molecule has 0 saturated heterocycles. The van der Waals surface area contributed by atoms with Crippen molar-refractivity contribution in [2.45, 2.75) is 6.54 Å². The number of aromatic nitrogens is 1. The lowest BCUT2D eigenvalue weighted by atomic mass is 10.3. The summed E-state index contributed by atoms with van der Waals surface area (Å²) in [7, 11) is 3.13. The molecule has 0 aliphatic heterocycles. The molecule has 1 heterocycles. The fraction of sp³-hybridized carbons (Fsp3) is 0.389. The van der Waals surface area contributed by atoms with E-state index in [2.05, 4.69) is 15.6 Å². The van der Waals surface area contributed by atoms with Gasteiger partial charge in [0.2, 0.25) is 0 Å². The van der Waals surface area contributed by atoms with E-state index in [-0.39, 0.29) is 18.5 Å². The van der Waals surface area contributed by atoms with Gasteiger partial charge in [-0.25, -0.2) is 9.78 Å². The van der Waals surface area contributed by atoms with Gasteiger partial charge in [0.05, 0.1) is 19.8 Å². The van der Waals surface area contributed by atoms with Gasteiger partial charge in [-0.05, 0) is 18.2 Å². The topological polar surface area (TPSA) is 92.8 Å². The first-order valence-corrected chi connectivity index (χ1v) is 9.81. The molecule has 10 heteroatoms. The lowest BCUT2D eigenvalue weighted by Gasteiger charge is -2.21. The zero-order valence-electron chi connectivity index (χ0n) is 15.7. The van der Waals surface area contributed by atoms with Crippen molar-refractivity contribution in [3.63, 3.8) is 0 Å². The Balaban J connectivity index is 2.01. The number of hydrogen-bond acceptors (Lipinski definition) is 6. The number of ether oxygens (including phenoxy) is 2. The fourth-order valence-electron chi connectivity index (χ4n) is 2.23. The van der Waals surface area contributed by atoms with Gasteiger partial charge in [-0.15, -0.1) is 11.3 Å². The van der Waals surface area contributed by atoms with E-state index in [0.717, 1.165) is 0 Å². The highest BCUT2D eigenvalue weighted by atomic mass is 35.5. The average Bonchev–Trinajstić information content (AvgIpc) is 3.14. The van der Waals surface area contributed by atoms with Gasteiger partial charge in [0, 0.05) is 43.4 Å². The smallest absolute Gasteiger partial charge is 0.322 e. The quantitative estimate of drug-likeness (QED) is 0.570. The van der Waals surface area contributed by atoms with Crippen molar-refractivity contribution in [1.82, 2.24) is 15.2 Å². The molecule has 152 valence electrons. The van der Waals surface area contributed by atoms with Gasteiger partial charge >= 0.3 is 6.03 Å². The van der Waals surface area contributed by atoms with Gasteiger partial charge in [-0.3, -0.25) is 4.79 Å². The van der Waals surface area contributed by atoms with E-state index in [9.17, 15) is 9.59 Å². The van der Waals surface area contributed by atoms with Gasteiger partial charge < -0.3 is 25.0 Å². The SMILES string of the molecule is COCCNC(=O)c1csc(CN(CCOC)C(=O)Nc2cccc(Cl)c2)n1. The summed E-state index contributed by atoms with van der Waals surface area (Å²) in [6, 6.07) is 6.60. The number of nitrogens with zero attached hydrogens (tertiary/aromatic N) is 2. The lowest BCUT2D eigenvalue weighted by Crippen LogP contribution is -2.36. The van der Waals surface area contributed by atoms with E-state index in [4.69, 9.17) is 21.1 Å². The molecule has 0 aliphatic rings. The monoisotopic (exact) mass is 426 g/mol. The number of methoxy groups -OCH3 is 2. The van der Waals surface area contributed by atoms with Gasteiger partial charge in [0.15, 0.2) is 0 Å². The van der Waals surface area contributed by atoms with E-state index in [1.165, 1.54) is 11.3 Å². The summed E-state index contributed by atoms with van der Waals surface area (Å²) in [4.78, 5) is 30.6. The minimum atomic E-state index is -0.305. The highest BCUT2D eigenvalue weighted by Gasteiger charge is 2.17. The normalized spacial score (nSPS) is 10.5. The number of rotatable bonds is 10. The Kier molecular flexibility index (Phi) is 9.15. The van der Waals surface area contributed by atoms with Crippen LogP contribution in [0, 0.1) is 0 Å². The Morgan fingerprint density at radius 1 is 1.25 bits per heavy atom. The van der Waals surface area contributed by atoms with Crippen LogP contribution < -0.4 is 10.6 Å². The number of urea groups is 1. The number of nitrogens with one attached hydrogen (secondary N) is 2. The third kappa shape index (κ3) is 7.08. The number of hydrogen-bond donors (Lipinski definition) is 2. The maximum absolute atomic E-state index is 12.6. The largest absolute Gasteiger partial charge is 0.383 e. The molecular formula is C18H23ClN4O4S. The number of carbonyl (C=O) groups excluding carboxylic acids is 2. The number of benzene rings is 1. The lowest BCUT2D eigenvalue weighted by molar-refractivity contribution is 0.0932. The molecule has 0 atom stereocenters. The second kappa shape index (κ2) is 11.6.